The highest BCUT2D eigenvalue weighted by atomic mass is 32.1. The molecule has 0 radical (unpaired) electrons. The normalized spacial score (nSPS) is 17.1. The van der Waals surface area contributed by atoms with Crippen LogP contribution >= 0.6 is 11.3 Å². The second-order valence-electron chi connectivity index (χ2n) is 6.79. The second kappa shape index (κ2) is 7.30. The number of rotatable bonds is 3. The minimum atomic E-state index is -1.11. The predicted molar refractivity (Wildman–Crippen MR) is 103 cm³/mol. The van der Waals surface area contributed by atoms with E-state index in [1.54, 1.807) is 24.3 Å². The molecule has 9 heteroatoms. The van der Waals surface area contributed by atoms with Crippen LogP contribution in [0, 0.1) is 22.3 Å². The maximum Gasteiger partial charge on any atom is 0.273 e. The van der Waals surface area contributed by atoms with Crippen molar-refractivity contribution in [2.45, 2.75) is 25.4 Å². The molecule has 2 N–H and O–H groups in total. The van der Waals surface area contributed by atoms with Crippen molar-refractivity contribution in [3.8, 4) is 6.07 Å². The zero-order valence-corrected chi connectivity index (χ0v) is 15.7. The van der Waals surface area contributed by atoms with Gasteiger partial charge in [0.15, 0.2) is 5.82 Å². The third-order valence-corrected chi connectivity index (χ3v) is 5.82. The van der Waals surface area contributed by atoms with Gasteiger partial charge in [0.05, 0.1) is 18.2 Å². The quantitative estimate of drug-likeness (QED) is 0.729. The number of benzene rings is 1. The topological polar surface area (TPSA) is 87.9 Å². The van der Waals surface area contributed by atoms with Crippen LogP contribution in [0.15, 0.2) is 29.1 Å². The first-order valence-corrected chi connectivity index (χ1v) is 9.68. The Bertz CT molecular complexity index is 1150. The van der Waals surface area contributed by atoms with Crippen LogP contribution in [0.2, 0.25) is 0 Å². The minimum Gasteiger partial charge on any atom is -0.341 e. The van der Waals surface area contributed by atoms with Gasteiger partial charge in [0, 0.05) is 19.1 Å². The molecule has 3 heterocycles. The van der Waals surface area contributed by atoms with Gasteiger partial charge < -0.3 is 10.6 Å². The summed E-state index contributed by atoms with van der Waals surface area (Å²) < 4.78 is 29.3. The highest BCUT2D eigenvalue weighted by Gasteiger charge is 2.26. The van der Waals surface area contributed by atoms with Gasteiger partial charge in [-0.05, 0) is 24.5 Å². The summed E-state index contributed by atoms with van der Waals surface area (Å²) in [5.41, 5.74) is 6.34. The van der Waals surface area contributed by atoms with Crippen LogP contribution < -0.4 is 16.2 Å². The fourth-order valence-corrected chi connectivity index (χ4v) is 4.30. The lowest BCUT2D eigenvalue weighted by molar-refractivity contribution is 0.491. The molecule has 4 rings (SSSR count). The van der Waals surface area contributed by atoms with Gasteiger partial charge in [0.2, 0.25) is 11.1 Å². The number of anilines is 1. The van der Waals surface area contributed by atoms with E-state index < -0.39 is 16.5 Å². The molecule has 2 aromatic heterocycles. The molecule has 1 fully saturated rings. The first-order valence-electron chi connectivity index (χ1n) is 8.86. The van der Waals surface area contributed by atoms with E-state index in [2.05, 4.69) is 11.1 Å². The Morgan fingerprint density at radius 1 is 1.36 bits per heavy atom. The van der Waals surface area contributed by atoms with Gasteiger partial charge in [-0.25, -0.2) is 9.37 Å². The van der Waals surface area contributed by atoms with E-state index in [1.165, 1.54) is 4.57 Å². The Morgan fingerprint density at radius 3 is 2.89 bits per heavy atom. The highest BCUT2D eigenvalue weighted by Crippen LogP contribution is 2.28. The van der Waals surface area contributed by atoms with Crippen molar-refractivity contribution < 1.29 is 8.78 Å². The number of thiophene rings is 1. The van der Waals surface area contributed by atoms with Crippen molar-refractivity contribution in [2.75, 3.05) is 18.0 Å². The minimum absolute atomic E-state index is 0.0745. The zero-order valence-electron chi connectivity index (χ0n) is 14.9. The molecule has 28 heavy (non-hydrogen) atoms. The first kappa shape index (κ1) is 18.5. The number of hydrogen-bond acceptors (Lipinski definition) is 6. The Morgan fingerprint density at radius 2 is 2.14 bits per heavy atom. The Hall–Kier alpha value is -2.83. The molecule has 0 amide bonds. The lowest BCUT2D eigenvalue weighted by atomic mass is 10.1. The zero-order chi connectivity index (χ0) is 19.8. The summed E-state index contributed by atoms with van der Waals surface area (Å²) in [7, 11) is 0. The molecule has 1 aromatic carbocycles. The maximum atomic E-state index is 14.2. The molecule has 0 bridgehead atoms. The lowest BCUT2D eigenvalue weighted by Crippen LogP contribution is -2.45. The Balaban J connectivity index is 1.92. The molecular formula is C19H17F2N5OS. The number of aromatic nitrogens is 2. The fourth-order valence-electron chi connectivity index (χ4n) is 3.51. The van der Waals surface area contributed by atoms with Crippen LogP contribution in [0.5, 0.6) is 0 Å². The van der Waals surface area contributed by atoms with E-state index in [9.17, 15) is 18.8 Å². The number of fused-ring (bicyclic) bond motifs is 1. The molecule has 1 aliphatic rings. The van der Waals surface area contributed by atoms with Crippen LogP contribution in [0.3, 0.4) is 0 Å². The van der Waals surface area contributed by atoms with E-state index in [0.29, 0.717) is 35.6 Å². The summed E-state index contributed by atoms with van der Waals surface area (Å²) >= 11 is 0.450. The van der Waals surface area contributed by atoms with Gasteiger partial charge in [-0.2, -0.15) is 9.65 Å². The number of piperidine rings is 1. The smallest absolute Gasteiger partial charge is 0.273 e. The molecule has 0 spiro atoms. The fraction of sp³-hybridized carbons (Fsp3) is 0.316. The molecule has 0 aliphatic carbocycles. The summed E-state index contributed by atoms with van der Waals surface area (Å²) in [5, 5.41) is 8.29. The molecule has 3 aromatic rings. The monoisotopic (exact) mass is 401 g/mol. The predicted octanol–water partition coefficient (Wildman–Crippen LogP) is 2.58. The summed E-state index contributed by atoms with van der Waals surface area (Å²) in [4.78, 5) is 19.2. The highest BCUT2D eigenvalue weighted by molar-refractivity contribution is 7.17. The van der Waals surface area contributed by atoms with Crippen molar-refractivity contribution in [3.05, 3.63) is 56.7 Å². The van der Waals surface area contributed by atoms with Crippen molar-refractivity contribution in [1.82, 2.24) is 9.55 Å². The van der Waals surface area contributed by atoms with E-state index >= 15 is 0 Å². The van der Waals surface area contributed by atoms with E-state index in [1.807, 2.05) is 4.90 Å². The summed E-state index contributed by atoms with van der Waals surface area (Å²) in [6.45, 7) is 1.15. The molecule has 6 nitrogen and oxygen atoms in total. The molecule has 1 saturated heterocycles. The molecule has 1 atom stereocenters. The summed E-state index contributed by atoms with van der Waals surface area (Å²) in [5.74, 6) is -0.860. The van der Waals surface area contributed by atoms with Crippen LogP contribution in [0.4, 0.5) is 14.7 Å². The SMILES string of the molecule is N#Cc1ccccc1Cn1c(N2CCC[C@@H](N)C2)nc2c(F)c(F)sc2c1=O. The maximum absolute atomic E-state index is 14.2. The van der Waals surface area contributed by atoms with Crippen molar-refractivity contribution in [3.63, 3.8) is 0 Å². The molecule has 1 aliphatic heterocycles. The molecule has 0 saturated carbocycles. The van der Waals surface area contributed by atoms with Gasteiger partial charge in [-0.1, -0.05) is 29.5 Å². The van der Waals surface area contributed by atoms with Crippen molar-refractivity contribution in [1.29, 1.82) is 5.26 Å². The summed E-state index contributed by atoms with van der Waals surface area (Å²) in [6, 6.07) is 8.93. The van der Waals surface area contributed by atoms with E-state index in [-0.39, 0.29) is 28.8 Å². The third-order valence-electron chi connectivity index (χ3n) is 4.89. The molecule has 144 valence electrons. The van der Waals surface area contributed by atoms with Crippen LogP contribution in [-0.4, -0.2) is 28.7 Å². The molecular weight excluding hydrogens is 384 g/mol. The first-order chi connectivity index (χ1) is 13.5. The van der Waals surface area contributed by atoms with E-state index in [0.717, 1.165) is 12.8 Å². The molecule has 0 unspecified atom stereocenters. The summed E-state index contributed by atoms with van der Waals surface area (Å²) in [6.07, 6.45) is 1.66. The standard InChI is InChI=1S/C19H17F2N5OS/c20-14-15-16(28-17(14)21)18(27)26(9-12-5-2-1-4-11(12)8-22)19(24-15)25-7-3-6-13(23)10-25/h1-2,4-5,13H,3,6-7,9-10,23H2/t13-/m1/s1. The third kappa shape index (κ3) is 3.15. The number of hydrogen-bond donors (Lipinski definition) is 1. The number of nitriles is 1. The van der Waals surface area contributed by atoms with Crippen molar-refractivity contribution in [2.24, 2.45) is 5.73 Å². The average Bonchev–Trinajstić information content (AvgIpc) is 2.99. The average molecular weight is 401 g/mol. The van der Waals surface area contributed by atoms with Crippen molar-refractivity contribution >= 4 is 27.5 Å². The van der Waals surface area contributed by atoms with Crippen LogP contribution in [0.1, 0.15) is 24.0 Å². The van der Waals surface area contributed by atoms with Gasteiger partial charge in [-0.3, -0.25) is 9.36 Å². The van der Waals surface area contributed by atoms with Gasteiger partial charge in [0.25, 0.3) is 5.56 Å². The van der Waals surface area contributed by atoms with Crippen LogP contribution in [0.25, 0.3) is 10.2 Å². The van der Waals surface area contributed by atoms with Gasteiger partial charge in [-0.15, -0.1) is 0 Å². The van der Waals surface area contributed by atoms with Crippen LogP contribution in [-0.2, 0) is 6.54 Å². The lowest BCUT2D eigenvalue weighted by Gasteiger charge is -2.33. The second-order valence-corrected chi connectivity index (χ2v) is 7.76. The van der Waals surface area contributed by atoms with Gasteiger partial charge >= 0.3 is 0 Å². The Kier molecular flexibility index (Phi) is 4.83. The largest absolute Gasteiger partial charge is 0.341 e. The van der Waals surface area contributed by atoms with Gasteiger partial charge in [0.1, 0.15) is 10.2 Å². The number of nitrogens with zero attached hydrogens (tertiary/aromatic N) is 4. The van der Waals surface area contributed by atoms with E-state index in [4.69, 9.17) is 5.73 Å². The number of halogens is 2. The number of nitrogens with two attached hydrogens (primary N) is 1. The Labute approximate surface area is 163 Å².